The van der Waals surface area contributed by atoms with E-state index >= 15 is 0 Å². The lowest BCUT2D eigenvalue weighted by Crippen LogP contribution is -1.92. The van der Waals surface area contributed by atoms with Crippen molar-refractivity contribution in [1.82, 2.24) is 10.1 Å². The van der Waals surface area contributed by atoms with Crippen LogP contribution in [0.3, 0.4) is 0 Å². The fourth-order valence-electron chi connectivity index (χ4n) is 2.05. The second kappa shape index (κ2) is 5.66. The smallest absolute Gasteiger partial charge is 0.260 e. The Balaban J connectivity index is 1.80. The van der Waals surface area contributed by atoms with Gasteiger partial charge in [0.25, 0.3) is 5.89 Å². The van der Waals surface area contributed by atoms with Gasteiger partial charge >= 0.3 is 0 Å². The third-order valence-corrected chi connectivity index (χ3v) is 3.18. The lowest BCUT2D eigenvalue weighted by atomic mass is 10.1. The molecule has 106 valence electrons. The lowest BCUT2D eigenvalue weighted by Gasteiger charge is -2.00. The molecule has 3 aromatic rings. The van der Waals surface area contributed by atoms with E-state index in [0.717, 1.165) is 16.9 Å². The standard InChI is InChI=1S/C16H15N3O2/c1-20-12-8-6-11(7-9-12)10-15-18-16(21-19-15)13-4-2-3-5-14(13)17/h2-9H,10,17H2,1H3. The zero-order valence-corrected chi connectivity index (χ0v) is 11.6. The van der Waals surface area contributed by atoms with Gasteiger partial charge in [-0.15, -0.1) is 0 Å². The van der Waals surface area contributed by atoms with Crippen LogP contribution in [0.4, 0.5) is 5.69 Å². The monoisotopic (exact) mass is 281 g/mol. The van der Waals surface area contributed by atoms with Crippen molar-refractivity contribution in [2.45, 2.75) is 6.42 Å². The van der Waals surface area contributed by atoms with Gasteiger partial charge in [-0.2, -0.15) is 4.98 Å². The summed E-state index contributed by atoms with van der Waals surface area (Å²) in [5.41, 5.74) is 8.37. The van der Waals surface area contributed by atoms with Crippen molar-refractivity contribution in [3.8, 4) is 17.2 Å². The molecule has 21 heavy (non-hydrogen) atoms. The highest BCUT2D eigenvalue weighted by Gasteiger charge is 2.11. The highest BCUT2D eigenvalue weighted by molar-refractivity contribution is 5.69. The van der Waals surface area contributed by atoms with Gasteiger partial charge in [0, 0.05) is 12.1 Å². The number of anilines is 1. The van der Waals surface area contributed by atoms with Crippen molar-refractivity contribution in [3.05, 3.63) is 59.9 Å². The number of ether oxygens (including phenoxy) is 1. The summed E-state index contributed by atoms with van der Waals surface area (Å²) in [6.45, 7) is 0. The number of para-hydroxylation sites is 1. The van der Waals surface area contributed by atoms with Crippen molar-refractivity contribution in [2.24, 2.45) is 0 Å². The Morgan fingerprint density at radius 3 is 2.57 bits per heavy atom. The topological polar surface area (TPSA) is 74.2 Å². The summed E-state index contributed by atoms with van der Waals surface area (Å²) in [6.07, 6.45) is 0.597. The van der Waals surface area contributed by atoms with Crippen LogP contribution in [-0.4, -0.2) is 17.3 Å². The maximum atomic E-state index is 5.90. The summed E-state index contributed by atoms with van der Waals surface area (Å²) in [6, 6.07) is 15.2. The molecule has 5 nitrogen and oxygen atoms in total. The number of hydrogen-bond acceptors (Lipinski definition) is 5. The SMILES string of the molecule is COc1ccc(Cc2noc(-c3ccccc3N)n2)cc1. The molecule has 0 amide bonds. The lowest BCUT2D eigenvalue weighted by molar-refractivity contribution is 0.414. The van der Waals surface area contributed by atoms with E-state index in [1.165, 1.54) is 0 Å². The van der Waals surface area contributed by atoms with Crippen LogP contribution >= 0.6 is 0 Å². The number of nitrogens with zero attached hydrogens (tertiary/aromatic N) is 2. The molecule has 1 aromatic heterocycles. The average Bonchev–Trinajstić information content (AvgIpc) is 2.97. The summed E-state index contributed by atoms with van der Waals surface area (Å²) in [5, 5.41) is 4.00. The van der Waals surface area contributed by atoms with Crippen LogP contribution in [-0.2, 0) is 6.42 Å². The molecule has 0 aliphatic heterocycles. The summed E-state index contributed by atoms with van der Waals surface area (Å²) < 4.78 is 10.4. The summed E-state index contributed by atoms with van der Waals surface area (Å²) in [4.78, 5) is 4.39. The molecule has 0 radical (unpaired) electrons. The van der Waals surface area contributed by atoms with E-state index in [9.17, 15) is 0 Å². The van der Waals surface area contributed by atoms with Crippen molar-refractivity contribution >= 4 is 5.69 Å². The molecule has 0 unspecified atom stereocenters. The normalized spacial score (nSPS) is 10.5. The van der Waals surface area contributed by atoms with Crippen LogP contribution in [0.5, 0.6) is 5.75 Å². The number of nitrogen functional groups attached to an aromatic ring is 1. The molecule has 0 spiro atoms. The van der Waals surface area contributed by atoms with E-state index in [1.54, 1.807) is 7.11 Å². The van der Waals surface area contributed by atoms with Gasteiger partial charge in [-0.3, -0.25) is 0 Å². The quantitative estimate of drug-likeness (QED) is 0.744. The zero-order chi connectivity index (χ0) is 14.7. The molecule has 0 aliphatic rings. The molecule has 0 atom stereocenters. The summed E-state index contributed by atoms with van der Waals surface area (Å²) in [5.74, 6) is 1.89. The average molecular weight is 281 g/mol. The van der Waals surface area contributed by atoms with E-state index in [2.05, 4.69) is 10.1 Å². The molecule has 0 bridgehead atoms. The van der Waals surface area contributed by atoms with E-state index in [0.29, 0.717) is 23.8 Å². The summed E-state index contributed by atoms with van der Waals surface area (Å²) in [7, 11) is 1.64. The number of hydrogen-bond donors (Lipinski definition) is 1. The van der Waals surface area contributed by atoms with Crippen LogP contribution in [0.25, 0.3) is 11.5 Å². The van der Waals surface area contributed by atoms with Gasteiger partial charge in [0.15, 0.2) is 5.82 Å². The number of nitrogens with two attached hydrogens (primary N) is 1. The van der Waals surface area contributed by atoms with E-state index < -0.39 is 0 Å². The molecule has 0 fully saturated rings. The van der Waals surface area contributed by atoms with Crippen LogP contribution in [0.2, 0.25) is 0 Å². The number of rotatable bonds is 4. The molecule has 2 N–H and O–H groups in total. The predicted molar refractivity (Wildman–Crippen MR) is 79.9 cm³/mol. The van der Waals surface area contributed by atoms with Gasteiger partial charge in [0.05, 0.1) is 12.7 Å². The van der Waals surface area contributed by atoms with Crippen molar-refractivity contribution < 1.29 is 9.26 Å². The molecule has 0 aliphatic carbocycles. The van der Waals surface area contributed by atoms with Crippen molar-refractivity contribution in [3.63, 3.8) is 0 Å². The van der Waals surface area contributed by atoms with Crippen LogP contribution < -0.4 is 10.5 Å². The van der Waals surface area contributed by atoms with Crippen LogP contribution in [0.1, 0.15) is 11.4 Å². The first-order chi connectivity index (χ1) is 10.3. The third kappa shape index (κ3) is 2.86. The zero-order valence-electron chi connectivity index (χ0n) is 11.6. The molecule has 0 saturated carbocycles. The Bertz CT molecular complexity index is 735. The fourth-order valence-corrected chi connectivity index (χ4v) is 2.05. The Hall–Kier alpha value is -2.82. The highest BCUT2D eigenvalue weighted by Crippen LogP contribution is 2.24. The highest BCUT2D eigenvalue weighted by atomic mass is 16.5. The Kier molecular flexibility index (Phi) is 3.55. The van der Waals surface area contributed by atoms with E-state index in [4.69, 9.17) is 15.0 Å². The molecular weight excluding hydrogens is 266 g/mol. The first-order valence-electron chi connectivity index (χ1n) is 6.56. The number of methoxy groups -OCH3 is 1. The van der Waals surface area contributed by atoms with Crippen LogP contribution in [0.15, 0.2) is 53.1 Å². The molecule has 0 saturated heterocycles. The Morgan fingerprint density at radius 1 is 1.10 bits per heavy atom. The maximum Gasteiger partial charge on any atom is 0.260 e. The van der Waals surface area contributed by atoms with Crippen molar-refractivity contribution in [2.75, 3.05) is 12.8 Å². The minimum atomic E-state index is 0.441. The second-order valence-corrected chi connectivity index (χ2v) is 4.63. The van der Waals surface area contributed by atoms with Crippen LogP contribution in [0, 0.1) is 0 Å². The third-order valence-electron chi connectivity index (χ3n) is 3.18. The Morgan fingerprint density at radius 2 is 1.86 bits per heavy atom. The molecule has 3 rings (SSSR count). The minimum Gasteiger partial charge on any atom is -0.497 e. The van der Waals surface area contributed by atoms with Gasteiger partial charge in [0.2, 0.25) is 0 Å². The summed E-state index contributed by atoms with van der Waals surface area (Å²) >= 11 is 0. The largest absolute Gasteiger partial charge is 0.497 e. The predicted octanol–water partition coefficient (Wildman–Crippen LogP) is 2.92. The Labute approximate surface area is 122 Å². The van der Waals surface area contributed by atoms with E-state index in [1.807, 2.05) is 48.5 Å². The second-order valence-electron chi connectivity index (χ2n) is 4.63. The van der Waals surface area contributed by atoms with Gasteiger partial charge in [0.1, 0.15) is 5.75 Å². The first kappa shape index (κ1) is 13.2. The van der Waals surface area contributed by atoms with Gasteiger partial charge in [-0.1, -0.05) is 29.4 Å². The fraction of sp³-hybridized carbons (Fsp3) is 0.125. The molecular formula is C16H15N3O2. The number of aromatic nitrogens is 2. The van der Waals surface area contributed by atoms with Crippen molar-refractivity contribution in [1.29, 1.82) is 0 Å². The van der Waals surface area contributed by atoms with Gasteiger partial charge in [-0.25, -0.2) is 0 Å². The van der Waals surface area contributed by atoms with Gasteiger partial charge < -0.3 is 15.0 Å². The minimum absolute atomic E-state index is 0.441. The maximum absolute atomic E-state index is 5.90. The van der Waals surface area contributed by atoms with E-state index in [-0.39, 0.29) is 0 Å². The van der Waals surface area contributed by atoms with Gasteiger partial charge in [-0.05, 0) is 29.8 Å². The molecule has 5 heteroatoms. The molecule has 1 heterocycles. The first-order valence-corrected chi connectivity index (χ1v) is 6.56. The number of benzene rings is 2. The molecule has 2 aromatic carbocycles.